The number of anilines is 1. The smallest absolute Gasteiger partial charge is 0.141 e. The van der Waals surface area contributed by atoms with Crippen molar-refractivity contribution in [1.82, 2.24) is 9.97 Å². The first kappa shape index (κ1) is 14.2. The molecule has 104 valence electrons. The van der Waals surface area contributed by atoms with Crippen LogP contribution < -0.4 is 4.90 Å². The molecular weight excluding hydrogens is 258 g/mol. The van der Waals surface area contributed by atoms with E-state index in [4.69, 9.17) is 5.11 Å². The molecule has 0 aromatic carbocycles. The lowest BCUT2D eigenvalue weighted by Gasteiger charge is -2.28. The third kappa shape index (κ3) is 2.72. The lowest BCUT2D eigenvalue weighted by atomic mass is 10.2. The zero-order chi connectivity index (χ0) is 14.0. The lowest BCUT2D eigenvalue weighted by molar-refractivity contribution is 0.288. The Kier molecular flexibility index (Phi) is 4.37. The van der Waals surface area contributed by atoms with Gasteiger partial charge in [0.2, 0.25) is 0 Å². The van der Waals surface area contributed by atoms with Crippen LogP contribution in [0.5, 0.6) is 0 Å². The summed E-state index contributed by atoms with van der Waals surface area (Å²) in [5.74, 6) is 0.996. The summed E-state index contributed by atoms with van der Waals surface area (Å²) in [7, 11) is 0. The molecule has 1 N–H and O–H groups in total. The second-order valence-electron chi connectivity index (χ2n) is 5.02. The molecule has 0 atom stereocenters. The van der Waals surface area contributed by atoms with Gasteiger partial charge in [0.05, 0.1) is 5.39 Å². The van der Waals surface area contributed by atoms with E-state index >= 15 is 0 Å². The number of hydrogen-bond donors (Lipinski definition) is 1. The summed E-state index contributed by atoms with van der Waals surface area (Å²) in [6.45, 7) is 9.58. The van der Waals surface area contributed by atoms with E-state index in [1.807, 2.05) is 0 Å². The third-order valence-corrected chi connectivity index (χ3v) is 4.51. The van der Waals surface area contributed by atoms with Crippen molar-refractivity contribution < 1.29 is 5.11 Å². The van der Waals surface area contributed by atoms with Crippen molar-refractivity contribution >= 4 is 27.4 Å². The van der Waals surface area contributed by atoms with E-state index in [0.717, 1.165) is 29.0 Å². The average molecular weight is 279 g/mol. The fourth-order valence-corrected chi connectivity index (χ4v) is 3.22. The van der Waals surface area contributed by atoms with Gasteiger partial charge >= 0.3 is 0 Å². The maximum Gasteiger partial charge on any atom is 0.141 e. The highest BCUT2D eigenvalue weighted by molar-refractivity contribution is 7.18. The second-order valence-corrected chi connectivity index (χ2v) is 6.23. The van der Waals surface area contributed by atoms with Gasteiger partial charge in [-0.05, 0) is 39.7 Å². The Labute approximate surface area is 118 Å². The van der Waals surface area contributed by atoms with Crippen molar-refractivity contribution in [3.8, 4) is 0 Å². The molecule has 5 heteroatoms. The zero-order valence-electron chi connectivity index (χ0n) is 12.0. The number of nitrogens with zero attached hydrogens (tertiary/aromatic N) is 3. The Morgan fingerprint density at radius 1 is 1.32 bits per heavy atom. The molecule has 0 aliphatic carbocycles. The molecule has 19 heavy (non-hydrogen) atoms. The van der Waals surface area contributed by atoms with Gasteiger partial charge in [0, 0.05) is 24.1 Å². The summed E-state index contributed by atoms with van der Waals surface area (Å²) in [5.41, 5.74) is 1.27. The zero-order valence-corrected chi connectivity index (χ0v) is 12.8. The number of aromatic nitrogens is 2. The molecule has 0 saturated carbocycles. The summed E-state index contributed by atoms with van der Waals surface area (Å²) in [4.78, 5) is 13.5. The molecule has 0 fully saturated rings. The molecule has 0 amide bonds. The van der Waals surface area contributed by atoms with Crippen molar-refractivity contribution in [2.45, 2.75) is 40.2 Å². The van der Waals surface area contributed by atoms with Crippen LogP contribution in [0.15, 0.2) is 6.33 Å². The Balaban J connectivity index is 2.52. The number of aryl methyl sites for hydroxylation is 2. The minimum absolute atomic E-state index is 0.207. The van der Waals surface area contributed by atoms with Gasteiger partial charge in [0.25, 0.3) is 0 Å². The van der Waals surface area contributed by atoms with Crippen LogP contribution in [0.1, 0.15) is 30.7 Å². The molecule has 0 spiro atoms. The normalized spacial score (nSPS) is 11.5. The molecule has 2 rings (SSSR count). The first-order valence-corrected chi connectivity index (χ1v) is 7.46. The topological polar surface area (TPSA) is 49.2 Å². The molecule has 0 aliphatic heterocycles. The monoisotopic (exact) mass is 279 g/mol. The molecule has 2 heterocycles. The molecule has 2 aromatic heterocycles. The predicted molar refractivity (Wildman–Crippen MR) is 81.1 cm³/mol. The van der Waals surface area contributed by atoms with E-state index in [0.29, 0.717) is 6.04 Å². The van der Waals surface area contributed by atoms with E-state index in [2.05, 4.69) is 42.6 Å². The maximum absolute atomic E-state index is 9.06. The number of hydrogen-bond acceptors (Lipinski definition) is 5. The van der Waals surface area contributed by atoms with Crippen LogP contribution in [0, 0.1) is 13.8 Å². The Bertz CT molecular complexity index is 565. The van der Waals surface area contributed by atoms with Crippen LogP contribution in [0.3, 0.4) is 0 Å². The molecule has 0 saturated heterocycles. The predicted octanol–water partition coefficient (Wildman–Crippen LogP) is 2.91. The standard InChI is InChI=1S/C14H21N3OS/c1-9(2)17(6-5-7-18)13-12-10(3)11(4)19-14(12)16-8-15-13/h8-9,18H,5-7H2,1-4H3. The first-order valence-electron chi connectivity index (χ1n) is 6.64. The molecule has 0 aliphatic rings. The molecular formula is C14H21N3OS. The largest absolute Gasteiger partial charge is 0.396 e. The average Bonchev–Trinajstić information content (AvgIpc) is 2.66. The van der Waals surface area contributed by atoms with E-state index in [1.165, 1.54) is 10.4 Å². The van der Waals surface area contributed by atoms with Gasteiger partial charge in [-0.3, -0.25) is 0 Å². The Morgan fingerprint density at radius 2 is 2.05 bits per heavy atom. The van der Waals surface area contributed by atoms with Crippen molar-refractivity contribution in [2.75, 3.05) is 18.1 Å². The quantitative estimate of drug-likeness (QED) is 0.914. The van der Waals surface area contributed by atoms with Crippen LogP contribution in [0.25, 0.3) is 10.2 Å². The van der Waals surface area contributed by atoms with Crippen molar-refractivity contribution in [2.24, 2.45) is 0 Å². The minimum Gasteiger partial charge on any atom is -0.396 e. The summed E-state index contributed by atoms with van der Waals surface area (Å²) in [6, 6.07) is 0.351. The van der Waals surface area contributed by atoms with Gasteiger partial charge in [-0.1, -0.05) is 0 Å². The number of aliphatic hydroxyl groups excluding tert-OH is 1. The van der Waals surface area contributed by atoms with Gasteiger partial charge in [-0.15, -0.1) is 11.3 Å². The second kappa shape index (κ2) is 5.84. The lowest BCUT2D eigenvalue weighted by Crippen LogP contribution is -2.33. The number of aliphatic hydroxyl groups is 1. The number of thiophene rings is 1. The highest BCUT2D eigenvalue weighted by Crippen LogP contribution is 2.34. The minimum atomic E-state index is 0.207. The van der Waals surface area contributed by atoms with Crippen LogP contribution in [-0.2, 0) is 0 Å². The SMILES string of the molecule is Cc1sc2ncnc(N(CCCO)C(C)C)c2c1C. The van der Waals surface area contributed by atoms with Crippen molar-refractivity contribution in [1.29, 1.82) is 0 Å². The fraction of sp³-hybridized carbons (Fsp3) is 0.571. The van der Waals surface area contributed by atoms with E-state index in [9.17, 15) is 0 Å². The molecule has 2 aromatic rings. The Hall–Kier alpha value is -1.20. The summed E-state index contributed by atoms with van der Waals surface area (Å²) >= 11 is 1.72. The maximum atomic E-state index is 9.06. The van der Waals surface area contributed by atoms with Gasteiger partial charge in [0.1, 0.15) is 17.0 Å². The Morgan fingerprint density at radius 3 is 2.68 bits per heavy atom. The summed E-state index contributed by atoms with van der Waals surface area (Å²) in [6.07, 6.45) is 2.40. The van der Waals surface area contributed by atoms with Crippen molar-refractivity contribution in [3.05, 3.63) is 16.8 Å². The molecule has 0 bridgehead atoms. The number of fused-ring (bicyclic) bond motifs is 1. The van der Waals surface area contributed by atoms with Crippen LogP contribution in [0.4, 0.5) is 5.82 Å². The number of rotatable bonds is 5. The third-order valence-electron chi connectivity index (χ3n) is 3.40. The van der Waals surface area contributed by atoms with E-state index in [1.54, 1.807) is 17.7 Å². The molecule has 0 unspecified atom stereocenters. The van der Waals surface area contributed by atoms with Gasteiger partial charge < -0.3 is 10.0 Å². The van der Waals surface area contributed by atoms with E-state index in [-0.39, 0.29) is 6.61 Å². The summed E-state index contributed by atoms with van der Waals surface area (Å²) < 4.78 is 0. The highest BCUT2D eigenvalue weighted by atomic mass is 32.1. The van der Waals surface area contributed by atoms with Crippen molar-refractivity contribution in [3.63, 3.8) is 0 Å². The van der Waals surface area contributed by atoms with Gasteiger partial charge in [0.15, 0.2) is 0 Å². The van der Waals surface area contributed by atoms with Crippen LogP contribution >= 0.6 is 11.3 Å². The highest BCUT2D eigenvalue weighted by Gasteiger charge is 2.18. The fourth-order valence-electron chi connectivity index (χ4n) is 2.23. The van der Waals surface area contributed by atoms with E-state index < -0.39 is 0 Å². The van der Waals surface area contributed by atoms with Gasteiger partial charge in [-0.2, -0.15) is 0 Å². The van der Waals surface area contributed by atoms with Crippen LogP contribution in [0.2, 0.25) is 0 Å². The van der Waals surface area contributed by atoms with Crippen LogP contribution in [-0.4, -0.2) is 34.3 Å². The summed E-state index contributed by atoms with van der Waals surface area (Å²) in [5, 5.41) is 10.2. The molecule has 0 radical (unpaired) electrons. The van der Waals surface area contributed by atoms with Gasteiger partial charge in [-0.25, -0.2) is 9.97 Å². The molecule has 4 nitrogen and oxygen atoms in total. The first-order chi connectivity index (χ1) is 9.06.